The molecule has 0 unspecified atom stereocenters. The summed E-state index contributed by atoms with van der Waals surface area (Å²) >= 11 is 1.39. The lowest BCUT2D eigenvalue weighted by Gasteiger charge is -2.07. The average molecular weight is 372 g/mol. The Kier molecular flexibility index (Phi) is 10.6. The second kappa shape index (κ2) is 11.2. The van der Waals surface area contributed by atoms with E-state index in [0.717, 1.165) is 25.7 Å². The second-order valence-corrected chi connectivity index (χ2v) is 4.40. The van der Waals surface area contributed by atoms with Crippen molar-refractivity contribution in [3.63, 3.8) is 0 Å². The molecular weight excluding hydrogens is 355 g/mol. The van der Waals surface area contributed by atoms with Crippen molar-refractivity contribution in [2.24, 2.45) is 5.29 Å². The summed E-state index contributed by atoms with van der Waals surface area (Å²) in [4.78, 5) is 32.1. The number of amides is 1. The Labute approximate surface area is 120 Å². The van der Waals surface area contributed by atoms with E-state index in [4.69, 9.17) is 4.74 Å². The van der Waals surface area contributed by atoms with Gasteiger partial charge in [0.2, 0.25) is 0 Å². The zero-order valence-corrected chi connectivity index (χ0v) is 12.4. The van der Waals surface area contributed by atoms with Crippen molar-refractivity contribution in [2.45, 2.75) is 39.0 Å². The summed E-state index contributed by atoms with van der Waals surface area (Å²) in [7, 11) is 0. The van der Waals surface area contributed by atoms with Crippen molar-refractivity contribution in [1.82, 2.24) is 3.22 Å². The minimum Gasteiger partial charge on any atom is -0.462 e. The maximum Gasteiger partial charge on any atom is 0.442 e. The monoisotopic (exact) mass is 372 g/mol. The number of hydrogen-bond acceptors (Lipinski definition) is 6. The SMILES string of the molecule is CCCCCCC(=O)OCCOC(=O)N(I)N=O. The lowest BCUT2D eigenvalue weighted by atomic mass is 10.2. The smallest absolute Gasteiger partial charge is 0.442 e. The first-order valence-electron chi connectivity index (χ1n) is 5.73. The van der Waals surface area contributed by atoms with Gasteiger partial charge in [0.25, 0.3) is 0 Å². The largest absolute Gasteiger partial charge is 0.462 e. The molecule has 0 aromatic heterocycles. The number of halogens is 1. The van der Waals surface area contributed by atoms with Crippen molar-refractivity contribution in [1.29, 1.82) is 0 Å². The van der Waals surface area contributed by atoms with Gasteiger partial charge in [-0.15, -0.1) is 4.91 Å². The standard InChI is InChI=1S/C10H17IN2O5/c1-2-3-4-5-6-9(14)17-7-8-18-10(15)13(11)12-16/h2-8H2,1H3. The fraction of sp³-hybridized carbons (Fsp3) is 0.800. The molecule has 0 saturated carbocycles. The highest BCUT2D eigenvalue weighted by molar-refractivity contribution is 14.1. The molecular formula is C10H17IN2O5. The van der Waals surface area contributed by atoms with Crippen LogP contribution in [-0.2, 0) is 14.3 Å². The molecule has 0 saturated heterocycles. The minimum atomic E-state index is -0.885. The normalized spacial score (nSPS) is 9.67. The summed E-state index contributed by atoms with van der Waals surface area (Å²) in [6.45, 7) is 1.99. The molecule has 0 aliphatic carbocycles. The fourth-order valence-electron chi connectivity index (χ4n) is 1.14. The van der Waals surface area contributed by atoms with Crippen LogP contribution in [-0.4, -0.2) is 28.5 Å². The Morgan fingerprint density at radius 1 is 1.17 bits per heavy atom. The summed E-state index contributed by atoms with van der Waals surface area (Å²) in [5.74, 6) is -0.304. The minimum absolute atomic E-state index is 0.0122. The lowest BCUT2D eigenvalue weighted by Crippen LogP contribution is -2.19. The van der Waals surface area contributed by atoms with Crippen LogP contribution in [0.5, 0.6) is 0 Å². The van der Waals surface area contributed by atoms with E-state index in [1.807, 2.05) is 0 Å². The molecule has 18 heavy (non-hydrogen) atoms. The van der Waals surface area contributed by atoms with E-state index >= 15 is 0 Å². The Hall–Kier alpha value is -0.930. The molecule has 0 aromatic carbocycles. The first kappa shape index (κ1) is 17.1. The molecule has 0 fully saturated rings. The molecule has 0 aliphatic heterocycles. The van der Waals surface area contributed by atoms with Gasteiger partial charge in [-0.3, -0.25) is 4.79 Å². The molecule has 0 heterocycles. The maximum atomic E-state index is 11.2. The average Bonchev–Trinajstić information content (AvgIpc) is 2.38. The van der Waals surface area contributed by atoms with E-state index < -0.39 is 6.09 Å². The van der Waals surface area contributed by atoms with Crippen molar-refractivity contribution in [2.75, 3.05) is 13.2 Å². The third kappa shape index (κ3) is 9.14. The molecule has 0 N–H and O–H groups in total. The van der Waals surface area contributed by atoms with Crippen molar-refractivity contribution in [3.8, 4) is 0 Å². The molecule has 8 heteroatoms. The summed E-state index contributed by atoms with van der Waals surface area (Å²) < 4.78 is 9.93. The van der Waals surface area contributed by atoms with Crippen LogP contribution < -0.4 is 0 Å². The van der Waals surface area contributed by atoms with Crippen LogP contribution in [0.2, 0.25) is 0 Å². The number of nitroso groups, excluding NO2 is 1. The Bertz CT molecular complexity index is 275. The summed E-state index contributed by atoms with van der Waals surface area (Å²) in [6.07, 6.45) is 3.53. The number of nitrogens with zero attached hydrogens (tertiary/aromatic N) is 2. The molecule has 0 spiro atoms. The Morgan fingerprint density at radius 2 is 1.83 bits per heavy atom. The molecule has 104 valence electrons. The third-order valence-corrected chi connectivity index (χ3v) is 2.60. The fourth-order valence-corrected chi connectivity index (χ4v) is 1.28. The van der Waals surface area contributed by atoms with Crippen LogP contribution in [0.25, 0.3) is 0 Å². The van der Waals surface area contributed by atoms with E-state index in [0.29, 0.717) is 9.64 Å². The van der Waals surface area contributed by atoms with Gasteiger partial charge in [0.05, 0.1) is 28.2 Å². The highest BCUT2D eigenvalue weighted by atomic mass is 127. The van der Waals surface area contributed by atoms with Crippen LogP contribution in [0.4, 0.5) is 4.79 Å². The van der Waals surface area contributed by atoms with E-state index in [1.165, 1.54) is 22.9 Å². The van der Waals surface area contributed by atoms with E-state index in [-0.39, 0.29) is 19.2 Å². The van der Waals surface area contributed by atoms with Gasteiger partial charge >= 0.3 is 12.1 Å². The summed E-state index contributed by atoms with van der Waals surface area (Å²) in [5.41, 5.74) is 0. The van der Waals surface area contributed by atoms with E-state index in [1.54, 1.807) is 0 Å². The predicted octanol–water partition coefficient (Wildman–Crippen LogP) is 2.97. The first-order chi connectivity index (χ1) is 8.61. The van der Waals surface area contributed by atoms with Crippen LogP contribution in [0.3, 0.4) is 0 Å². The van der Waals surface area contributed by atoms with Crippen LogP contribution in [0, 0.1) is 4.91 Å². The molecule has 0 aromatic rings. The zero-order chi connectivity index (χ0) is 13.8. The van der Waals surface area contributed by atoms with E-state index in [9.17, 15) is 14.5 Å². The van der Waals surface area contributed by atoms with E-state index in [2.05, 4.69) is 16.9 Å². The van der Waals surface area contributed by atoms with Gasteiger partial charge in [-0.05, 0) is 6.42 Å². The quantitative estimate of drug-likeness (QED) is 0.155. The number of unbranched alkanes of at least 4 members (excludes halogenated alkanes) is 3. The molecule has 0 aliphatic rings. The number of carbonyl (C=O) groups is 2. The molecule has 0 bridgehead atoms. The van der Waals surface area contributed by atoms with Crippen molar-refractivity contribution >= 4 is 34.9 Å². The molecule has 0 radical (unpaired) electrons. The number of esters is 1. The van der Waals surface area contributed by atoms with Crippen molar-refractivity contribution < 1.29 is 19.1 Å². The van der Waals surface area contributed by atoms with Gasteiger partial charge < -0.3 is 9.47 Å². The summed E-state index contributed by atoms with van der Waals surface area (Å²) in [5, 5.41) is 2.35. The second-order valence-electron chi connectivity index (χ2n) is 3.49. The number of ether oxygens (including phenoxy) is 2. The van der Waals surface area contributed by atoms with Crippen molar-refractivity contribution in [3.05, 3.63) is 4.91 Å². The number of carbonyl (C=O) groups excluding carboxylic acids is 2. The molecule has 0 rings (SSSR count). The first-order valence-corrected chi connectivity index (χ1v) is 6.69. The highest BCUT2D eigenvalue weighted by Crippen LogP contribution is 2.04. The Morgan fingerprint density at radius 3 is 2.44 bits per heavy atom. The lowest BCUT2D eigenvalue weighted by molar-refractivity contribution is -0.144. The van der Waals surface area contributed by atoms with Gasteiger partial charge in [0.1, 0.15) is 13.2 Å². The Balaban J connectivity index is 3.45. The maximum absolute atomic E-state index is 11.2. The van der Waals surface area contributed by atoms with Crippen LogP contribution in [0.1, 0.15) is 39.0 Å². The molecule has 7 nitrogen and oxygen atoms in total. The van der Waals surface area contributed by atoms with Gasteiger partial charge in [0, 0.05) is 6.42 Å². The topological polar surface area (TPSA) is 85.3 Å². The number of rotatable bonds is 9. The van der Waals surface area contributed by atoms with Crippen LogP contribution >= 0.6 is 22.9 Å². The zero-order valence-electron chi connectivity index (χ0n) is 10.3. The molecule has 0 atom stereocenters. The van der Waals surface area contributed by atoms with Gasteiger partial charge in [0.15, 0.2) is 0 Å². The number of hydrogen-bond donors (Lipinski definition) is 0. The summed E-state index contributed by atoms with van der Waals surface area (Å²) in [6, 6.07) is 0. The van der Waals surface area contributed by atoms with Gasteiger partial charge in [-0.1, -0.05) is 29.4 Å². The van der Waals surface area contributed by atoms with Gasteiger partial charge in [-0.2, -0.15) is 0 Å². The molecule has 1 amide bonds. The third-order valence-electron chi connectivity index (χ3n) is 2.03. The predicted molar refractivity (Wildman–Crippen MR) is 72.7 cm³/mol. The van der Waals surface area contributed by atoms with Crippen LogP contribution in [0.15, 0.2) is 5.29 Å². The highest BCUT2D eigenvalue weighted by Gasteiger charge is 2.11. The van der Waals surface area contributed by atoms with Gasteiger partial charge in [-0.25, -0.2) is 4.79 Å².